The molecule has 0 bridgehead atoms. The second-order valence-electron chi connectivity index (χ2n) is 10.1. The molecule has 38 heavy (non-hydrogen) atoms. The first-order chi connectivity index (χ1) is 18.0. The van der Waals surface area contributed by atoms with E-state index in [0.29, 0.717) is 5.56 Å². The number of benzene rings is 4. The summed E-state index contributed by atoms with van der Waals surface area (Å²) in [6.07, 6.45) is 0. The van der Waals surface area contributed by atoms with E-state index in [2.05, 4.69) is 0 Å². The second kappa shape index (κ2) is 10.6. The molecule has 5 nitrogen and oxygen atoms in total. The Morgan fingerprint density at radius 1 is 0.737 bits per heavy atom. The highest BCUT2D eigenvalue weighted by Crippen LogP contribution is 2.46. The van der Waals surface area contributed by atoms with Crippen molar-refractivity contribution in [2.75, 3.05) is 5.73 Å². The molecule has 0 saturated carbocycles. The maximum absolute atomic E-state index is 15.2. The minimum absolute atomic E-state index is 0.105. The van der Waals surface area contributed by atoms with Gasteiger partial charge in [-0.15, -0.1) is 0 Å². The third kappa shape index (κ3) is 4.66. The standard InChI is InChI=1S/C32H33NO4S/c1-21(2)26-20-27(33)29(28(22(3)4)30(26)38(35,36)37)31(34)32(23-14-8-5-9-15-23,24-16-10-6-11-17-24)25-18-12-7-13-19-25/h5-22H,33H2,1-4H3,(H,35,36,37). The number of carbonyl (C=O) groups excluding carboxylic acids is 1. The van der Waals surface area contributed by atoms with Gasteiger partial charge in [-0.05, 0) is 45.7 Å². The van der Waals surface area contributed by atoms with Crippen molar-refractivity contribution in [2.45, 2.75) is 49.8 Å². The molecule has 4 aromatic carbocycles. The molecule has 0 fully saturated rings. The van der Waals surface area contributed by atoms with Gasteiger partial charge in [0.2, 0.25) is 0 Å². The molecule has 6 heteroatoms. The van der Waals surface area contributed by atoms with E-state index < -0.39 is 21.5 Å². The van der Waals surface area contributed by atoms with Gasteiger partial charge in [-0.1, -0.05) is 119 Å². The van der Waals surface area contributed by atoms with Crippen molar-refractivity contribution in [3.8, 4) is 0 Å². The summed E-state index contributed by atoms with van der Waals surface area (Å²) < 4.78 is 36.1. The number of rotatable bonds is 8. The number of Topliss-reactive ketones (excluding diaryl/α,β-unsaturated/α-hetero) is 1. The van der Waals surface area contributed by atoms with Crippen molar-refractivity contribution in [3.63, 3.8) is 0 Å². The Hall–Kier alpha value is -3.74. The first kappa shape index (κ1) is 27.3. The normalized spacial score (nSPS) is 12.2. The topological polar surface area (TPSA) is 97.5 Å². The minimum atomic E-state index is -4.67. The predicted octanol–water partition coefficient (Wildman–Crippen LogP) is 6.98. The van der Waals surface area contributed by atoms with Gasteiger partial charge in [-0.2, -0.15) is 8.42 Å². The van der Waals surface area contributed by atoms with Crippen LogP contribution in [0, 0.1) is 0 Å². The molecule has 0 amide bonds. The molecule has 4 rings (SSSR count). The van der Waals surface area contributed by atoms with Gasteiger partial charge in [0, 0.05) is 11.3 Å². The van der Waals surface area contributed by atoms with E-state index in [-0.39, 0.29) is 33.4 Å². The first-order valence-corrected chi connectivity index (χ1v) is 14.1. The quantitative estimate of drug-likeness (QED) is 0.111. The SMILES string of the molecule is CC(C)c1cc(N)c(C(=O)C(c2ccccc2)(c2ccccc2)c2ccccc2)c(C(C)C)c1S(=O)(=O)O. The third-order valence-electron chi connectivity index (χ3n) is 7.02. The fraction of sp³-hybridized carbons (Fsp3) is 0.219. The molecule has 0 aliphatic rings. The minimum Gasteiger partial charge on any atom is -0.398 e. The van der Waals surface area contributed by atoms with E-state index in [1.54, 1.807) is 13.8 Å². The van der Waals surface area contributed by atoms with Crippen molar-refractivity contribution in [3.05, 3.63) is 130 Å². The van der Waals surface area contributed by atoms with Crippen molar-refractivity contribution in [2.24, 2.45) is 0 Å². The van der Waals surface area contributed by atoms with Crippen LogP contribution in [0.3, 0.4) is 0 Å². The predicted molar refractivity (Wildman–Crippen MR) is 152 cm³/mol. The Kier molecular flexibility index (Phi) is 7.58. The molecule has 0 heterocycles. The molecule has 0 aliphatic carbocycles. The number of anilines is 1. The van der Waals surface area contributed by atoms with Crippen LogP contribution in [0.5, 0.6) is 0 Å². The molecule has 0 unspecified atom stereocenters. The Morgan fingerprint density at radius 2 is 1.13 bits per heavy atom. The van der Waals surface area contributed by atoms with Gasteiger partial charge < -0.3 is 5.73 Å². The van der Waals surface area contributed by atoms with Crippen molar-refractivity contribution < 1.29 is 17.8 Å². The second-order valence-corrected chi connectivity index (χ2v) is 11.5. The summed E-state index contributed by atoms with van der Waals surface area (Å²) >= 11 is 0. The number of hydrogen-bond acceptors (Lipinski definition) is 4. The smallest absolute Gasteiger partial charge is 0.295 e. The van der Waals surface area contributed by atoms with Crippen LogP contribution in [0.15, 0.2) is 102 Å². The van der Waals surface area contributed by atoms with Crippen LogP contribution >= 0.6 is 0 Å². The van der Waals surface area contributed by atoms with E-state index in [4.69, 9.17) is 5.73 Å². The van der Waals surface area contributed by atoms with Gasteiger partial charge in [0.25, 0.3) is 10.1 Å². The molecule has 0 aromatic heterocycles. The van der Waals surface area contributed by atoms with Crippen LogP contribution < -0.4 is 5.73 Å². The molecule has 196 valence electrons. The average molecular weight is 528 g/mol. The molecule has 0 atom stereocenters. The van der Waals surface area contributed by atoms with Crippen LogP contribution in [-0.2, 0) is 15.5 Å². The highest BCUT2D eigenvalue weighted by atomic mass is 32.2. The van der Waals surface area contributed by atoms with Crippen molar-refractivity contribution in [1.82, 2.24) is 0 Å². The third-order valence-corrected chi connectivity index (χ3v) is 7.99. The van der Waals surface area contributed by atoms with Gasteiger partial charge in [0.15, 0.2) is 5.78 Å². The van der Waals surface area contributed by atoms with Gasteiger partial charge >= 0.3 is 0 Å². The Balaban J connectivity index is 2.23. The van der Waals surface area contributed by atoms with Crippen LogP contribution in [0.4, 0.5) is 5.69 Å². The summed E-state index contributed by atoms with van der Waals surface area (Å²) in [6.45, 7) is 7.27. The lowest BCUT2D eigenvalue weighted by atomic mass is 9.64. The molecule has 3 N–H and O–H groups in total. The number of nitrogen functional groups attached to an aromatic ring is 1. The molecule has 0 spiro atoms. The summed E-state index contributed by atoms with van der Waals surface area (Å²) in [4.78, 5) is 15.0. The van der Waals surface area contributed by atoms with E-state index in [1.807, 2.05) is 105 Å². The van der Waals surface area contributed by atoms with Crippen LogP contribution in [-0.4, -0.2) is 18.8 Å². The first-order valence-electron chi connectivity index (χ1n) is 12.7. The fourth-order valence-electron chi connectivity index (χ4n) is 5.40. The van der Waals surface area contributed by atoms with Crippen molar-refractivity contribution >= 4 is 21.6 Å². The Morgan fingerprint density at radius 3 is 1.45 bits per heavy atom. The summed E-state index contributed by atoms with van der Waals surface area (Å²) in [6, 6.07) is 29.8. The van der Waals surface area contributed by atoms with E-state index in [1.165, 1.54) is 6.07 Å². The maximum atomic E-state index is 15.2. The highest BCUT2D eigenvalue weighted by Gasteiger charge is 2.46. The zero-order valence-corrected chi connectivity index (χ0v) is 22.9. The van der Waals surface area contributed by atoms with Gasteiger partial charge in [0.1, 0.15) is 10.3 Å². The monoisotopic (exact) mass is 527 g/mol. The number of nitrogens with two attached hydrogens (primary N) is 1. The number of hydrogen-bond donors (Lipinski definition) is 2. The molecule has 0 radical (unpaired) electrons. The Bertz CT molecular complexity index is 1450. The van der Waals surface area contributed by atoms with Gasteiger partial charge in [0.05, 0.1) is 0 Å². The summed E-state index contributed by atoms with van der Waals surface area (Å²) in [5, 5.41) is 0. The fourth-order valence-corrected chi connectivity index (χ4v) is 6.60. The maximum Gasteiger partial charge on any atom is 0.295 e. The van der Waals surface area contributed by atoms with E-state index >= 15 is 4.79 Å². The molecule has 4 aromatic rings. The van der Waals surface area contributed by atoms with Gasteiger partial charge in [-0.3, -0.25) is 9.35 Å². The zero-order valence-electron chi connectivity index (χ0n) is 22.0. The Labute approximate surface area is 225 Å². The molecule has 0 aliphatic heterocycles. The largest absolute Gasteiger partial charge is 0.398 e. The van der Waals surface area contributed by atoms with E-state index in [0.717, 1.165) is 16.7 Å². The lowest BCUT2D eigenvalue weighted by Crippen LogP contribution is -2.40. The highest BCUT2D eigenvalue weighted by molar-refractivity contribution is 7.86. The lowest BCUT2D eigenvalue weighted by molar-refractivity contribution is 0.0934. The van der Waals surface area contributed by atoms with Gasteiger partial charge in [-0.25, -0.2) is 0 Å². The lowest BCUT2D eigenvalue weighted by Gasteiger charge is -2.36. The van der Waals surface area contributed by atoms with Crippen molar-refractivity contribution in [1.29, 1.82) is 0 Å². The summed E-state index contributed by atoms with van der Waals surface area (Å²) in [5.74, 6) is -1.03. The molecular formula is C32H33NO4S. The number of ketones is 1. The van der Waals surface area contributed by atoms with E-state index in [9.17, 15) is 13.0 Å². The number of carbonyl (C=O) groups is 1. The average Bonchev–Trinajstić information content (AvgIpc) is 2.89. The zero-order chi connectivity index (χ0) is 27.7. The van der Waals surface area contributed by atoms with Crippen LogP contribution in [0.1, 0.15) is 77.7 Å². The summed E-state index contributed by atoms with van der Waals surface area (Å²) in [7, 11) is -4.67. The van der Waals surface area contributed by atoms with Crippen LogP contribution in [0.2, 0.25) is 0 Å². The van der Waals surface area contributed by atoms with Crippen LogP contribution in [0.25, 0.3) is 0 Å². The summed E-state index contributed by atoms with van der Waals surface area (Å²) in [5.41, 5.74) is 8.37. The molecule has 0 saturated heterocycles. The molecular weight excluding hydrogens is 494 g/mol.